The molecular formula is C14H19NO3. The molecule has 18 heavy (non-hydrogen) atoms. The average Bonchev–Trinajstić information content (AvgIpc) is 2.25. The highest BCUT2D eigenvalue weighted by Crippen LogP contribution is 2.24. The summed E-state index contributed by atoms with van der Waals surface area (Å²) < 4.78 is 10.6. The summed E-state index contributed by atoms with van der Waals surface area (Å²) in [7, 11) is 0. The molecule has 98 valence electrons. The second-order valence-corrected chi connectivity index (χ2v) is 4.72. The van der Waals surface area contributed by atoms with E-state index in [9.17, 15) is 4.79 Å². The van der Waals surface area contributed by atoms with Gasteiger partial charge in [0.25, 0.3) is 0 Å². The topological polar surface area (TPSA) is 47.6 Å². The molecular weight excluding hydrogens is 230 g/mol. The Morgan fingerprint density at radius 2 is 2.06 bits per heavy atom. The van der Waals surface area contributed by atoms with Crippen LogP contribution in [0.15, 0.2) is 36.9 Å². The number of carbonyl (C=O) groups excluding carboxylic acids is 1. The summed E-state index contributed by atoms with van der Waals surface area (Å²) in [6.07, 6.45) is 1.14. The second-order valence-electron chi connectivity index (χ2n) is 4.72. The smallest absolute Gasteiger partial charge is 0.412 e. The van der Waals surface area contributed by atoms with Crippen LogP contribution in [0, 0.1) is 0 Å². The summed E-state index contributed by atoms with van der Waals surface area (Å²) in [5.74, 6) is 0.586. The Bertz CT molecular complexity index is 421. The van der Waals surface area contributed by atoms with Crippen LogP contribution in [0.3, 0.4) is 0 Å². The van der Waals surface area contributed by atoms with E-state index in [-0.39, 0.29) is 0 Å². The van der Waals surface area contributed by atoms with Crippen molar-refractivity contribution >= 4 is 11.8 Å². The van der Waals surface area contributed by atoms with E-state index < -0.39 is 11.7 Å². The Morgan fingerprint density at radius 3 is 2.67 bits per heavy atom. The minimum Gasteiger partial charge on any atom is -0.487 e. The molecule has 0 aliphatic carbocycles. The van der Waals surface area contributed by atoms with Gasteiger partial charge in [-0.25, -0.2) is 4.79 Å². The van der Waals surface area contributed by atoms with Gasteiger partial charge in [0.1, 0.15) is 18.0 Å². The van der Waals surface area contributed by atoms with E-state index in [4.69, 9.17) is 9.47 Å². The molecule has 0 atom stereocenters. The molecule has 0 aliphatic rings. The zero-order valence-electron chi connectivity index (χ0n) is 11.0. The average molecular weight is 249 g/mol. The van der Waals surface area contributed by atoms with Crippen LogP contribution in [0.4, 0.5) is 10.5 Å². The zero-order valence-corrected chi connectivity index (χ0v) is 11.0. The van der Waals surface area contributed by atoms with E-state index in [1.807, 2.05) is 32.9 Å². The van der Waals surface area contributed by atoms with Crippen molar-refractivity contribution in [2.24, 2.45) is 0 Å². The number of nitrogens with one attached hydrogen (secondary N) is 1. The number of hydrogen-bond donors (Lipinski definition) is 1. The molecule has 0 aromatic heterocycles. The second kappa shape index (κ2) is 6.10. The normalized spacial score (nSPS) is 10.6. The van der Waals surface area contributed by atoms with Gasteiger partial charge in [-0.3, -0.25) is 5.32 Å². The van der Waals surface area contributed by atoms with E-state index in [0.717, 1.165) is 0 Å². The van der Waals surface area contributed by atoms with Gasteiger partial charge in [-0.2, -0.15) is 0 Å². The van der Waals surface area contributed by atoms with Gasteiger partial charge >= 0.3 is 6.09 Å². The summed E-state index contributed by atoms with van der Waals surface area (Å²) in [5.41, 5.74) is 0.0506. The number of hydrogen-bond acceptors (Lipinski definition) is 3. The van der Waals surface area contributed by atoms with Crippen LogP contribution >= 0.6 is 0 Å². The first-order valence-corrected chi connectivity index (χ1v) is 5.75. The molecule has 0 saturated carbocycles. The predicted octanol–water partition coefficient (Wildman–Crippen LogP) is 3.60. The third-order valence-electron chi connectivity index (χ3n) is 1.88. The molecule has 4 heteroatoms. The summed E-state index contributed by atoms with van der Waals surface area (Å²) in [6.45, 7) is 9.40. The number of rotatable bonds is 4. The van der Waals surface area contributed by atoms with Crippen molar-refractivity contribution in [3.05, 3.63) is 36.9 Å². The van der Waals surface area contributed by atoms with E-state index in [0.29, 0.717) is 18.0 Å². The monoisotopic (exact) mass is 249 g/mol. The number of ether oxygens (including phenoxy) is 2. The number of carbonyl (C=O) groups is 1. The van der Waals surface area contributed by atoms with Crippen molar-refractivity contribution < 1.29 is 14.3 Å². The maximum atomic E-state index is 11.6. The maximum absolute atomic E-state index is 11.6. The molecule has 0 bridgehead atoms. The third-order valence-corrected chi connectivity index (χ3v) is 1.88. The van der Waals surface area contributed by atoms with Crippen LogP contribution in [0.1, 0.15) is 20.8 Å². The molecule has 1 N–H and O–H groups in total. The lowest BCUT2D eigenvalue weighted by atomic mass is 10.2. The van der Waals surface area contributed by atoms with Crippen molar-refractivity contribution in [2.75, 3.05) is 11.9 Å². The molecule has 0 spiro atoms. The molecule has 1 aromatic carbocycles. The summed E-state index contributed by atoms with van der Waals surface area (Å²) >= 11 is 0. The third kappa shape index (κ3) is 4.91. The lowest BCUT2D eigenvalue weighted by Gasteiger charge is -2.20. The van der Waals surface area contributed by atoms with Crippen LogP contribution in [-0.4, -0.2) is 18.3 Å². The highest BCUT2D eigenvalue weighted by atomic mass is 16.6. The first-order valence-electron chi connectivity index (χ1n) is 5.75. The predicted molar refractivity (Wildman–Crippen MR) is 72.0 cm³/mol. The molecule has 1 amide bonds. The molecule has 0 saturated heterocycles. The molecule has 0 fully saturated rings. The molecule has 0 aliphatic heterocycles. The van der Waals surface area contributed by atoms with Crippen molar-refractivity contribution in [1.82, 2.24) is 0 Å². The largest absolute Gasteiger partial charge is 0.487 e. The fraction of sp³-hybridized carbons (Fsp3) is 0.357. The summed E-state index contributed by atoms with van der Waals surface area (Å²) in [5, 5.41) is 2.66. The number of anilines is 1. The maximum Gasteiger partial charge on any atom is 0.412 e. The van der Waals surface area contributed by atoms with Gasteiger partial charge < -0.3 is 9.47 Å². The van der Waals surface area contributed by atoms with Crippen molar-refractivity contribution in [1.29, 1.82) is 0 Å². The number of para-hydroxylation sites is 2. The van der Waals surface area contributed by atoms with E-state index in [2.05, 4.69) is 11.9 Å². The Kier molecular flexibility index (Phi) is 4.77. The lowest BCUT2D eigenvalue weighted by Crippen LogP contribution is -2.27. The number of benzene rings is 1. The highest BCUT2D eigenvalue weighted by Gasteiger charge is 2.17. The first kappa shape index (κ1) is 14.1. The van der Waals surface area contributed by atoms with Crippen molar-refractivity contribution in [3.8, 4) is 5.75 Å². The van der Waals surface area contributed by atoms with Gasteiger partial charge in [0.15, 0.2) is 0 Å². The van der Waals surface area contributed by atoms with E-state index in [1.54, 1.807) is 18.2 Å². The highest BCUT2D eigenvalue weighted by molar-refractivity contribution is 5.86. The Hall–Kier alpha value is -1.97. The zero-order chi connectivity index (χ0) is 13.6. The Labute approximate surface area is 108 Å². The Morgan fingerprint density at radius 1 is 1.39 bits per heavy atom. The van der Waals surface area contributed by atoms with Gasteiger partial charge in [0, 0.05) is 0 Å². The van der Waals surface area contributed by atoms with Crippen LogP contribution in [0.2, 0.25) is 0 Å². The Balaban J connectivity index is 2.71. The molecule has 1 aromatic rings. The lowest BCUT2D eigenvalue weighted by molar-refractivity contribution is 0.0635. The van der Waals surface area contributed by atoms with Gasteiger partial charge in [0.2, 0.25) is 0 Å². The standard InChI is InChI=1S/C14H19NO3/c1-5-10-17-12-9-7-6-8-11(12)15-13(16)18-14(2,3)4/h5-9H,1,10H2,2-4H3,(H,15,16). The van der Waals surface area contributed by atoms with E-state index in [1.165, 1.54) is 0 Å². The van der Waals surface area contributed by atoms with Crippen LogP contribution in [0.5, 0.6) is 5.75 Å². The van der Waals surface area contributed by atoms with Crippen molar-refractivity contribution in [3.63, 3.8) is 0 Å². The fourth-order valence-electron chi connectivity index (χ4n) is 1.26. The van der Waals surface area contributed by atoms with Gasteiger partial charge in [-0.15, -0.1) is 0 Å². The van der Waals surface area contributed by atoms with Crippen LogP contribution in [-0.2, 0) is 4.74 Å². The first-order chi connectivity index (χ1) is 8.42. The van der Waals surface area contributed by atoms with Crippen molar-refractivity contribution in [2.45, 2.75) is 26.4 Å². The number of amides is 1. The summed E-state index contributed by atoms with van der Waals surface area (Å²) in [6, 6.07) is 7.17. The fourth-order valence-corrected chi connectivity index (χ4v) is 1.26. The molecule has 1 rings (SSSR count). The quantitative estimate of drug-likeness (QED) is 0.829. The molecule has 0 radical (unpaired) electrons. The van der Waals surface area contributed by atoms with E-state index >= 15 is 0 Å². The summed E-state index contributed by atoms with van der Waals surface area (Å²) in [4.78, 5) is 11.6. The minimum atomic E-state index is -0.527. The van der Waals surface area contributed by atoms with Crippen LogP contribution < -0.4 is 10.1 Å². The minimum absolute atomic E-state index is 0.382. The van der Waals surface area contributed by atoms with Crippen LogP contribution in [0.25, 0.3) is 0 Å². The SMILES string of the molecule is C=CCOc1ccccc1NC(=O)OC(C)(C)C. The molecule has 0 heterocycles. The molecule has 0 unspecified atom stereocenters. The van der Waals surface area contributed by atoms with Gasteiger partial charge in [-0.1, -0.05) is 24.8 Å². The van der Waals surface area contributed by atoms with Gasteiger partial charge in [-0.05, 0) is 32.9 Å². The van der Waals surface area contributed by atoms with Gasteiger partial charge in [0.05, 0.1) is 5.69 Å². The molecule has 4 nitrogen and oxygen atoms in total.